The summed E-state index contributed by atoms with van der Waals surface area (Å²) in [5, 5.41) is 0. The molecule has 0 aliphatic carbocycles. The topological polar surface area (TPSA) is 12.4 Å². The third-order valence-corrected chi connectivity index (χ3v) is 0.500. The van der Waals surface area contributed by atoms with Crippen molar-refractivity contribution in [2.45, 2.75) is 13.8 Å². The van der Waals surface area contributed by atoms with E-state index in [1.807, 2.05) is 13.8 Å². The summed E-state index contributed by atoms with van der Waals surface area (Å²) in [6.07, 6.45) is 8.29. The van der Waals surface area contributed by atoms with E-state index in [0.717, 1.165) is 0 Å². The lowest BCUT2D eigenvalue weighted by Gasteiger charge is -1.68. The zero-order valence-electron chi connectivity index (χ0n) is 6.75. The SMILES string of the molecule is C=CC=N/C=C\C=C.CC. The van der Waals surface area contributed by atoms with E-state index in [-0.39, 0.29) is 0 Å². The van der Waals surface area contributed by atoms with Gasteiger partial charge in [0.2, 0.25) is 0 Å². The Balaban J connectivity index is 0. The van der Waals surface area contributed by atoms with Crippen molar-refractivity contribution in [3.05, 3.63) is 37.6 Å². The number of aliphatic imine (C=N–C) groups is 1. The molecule has 0 amide bonds. The van der Waals surface area contributed by atoms with Gasteiger partial charge in [-0.15, -0.1) is 0 Å². The zero-order chi connectivity index (χ0) is 8.24. The fraction of sp³-hybridized carbons (Fsp3) is 0.222. The fourth-order valence-corrected chi connectivity index (χ4v) is 0.221. The molecule has 56 valence electrons. The molecule has 0 aromatic rings. The number of hydrogen-bond donors (Lipinski definition) is 0. The molecule has 0 N–H and O–H groups in total. The normalized spacial score (nSPS) is 9.00. The van der Waals surface area contributed by atoms with Crippen LogP contribution >= 0.6 is 0 Å². The second kappa shape index (κ2) is 15.7. The van der Waals surface area contributed by atoms with Crippen LogP contribution in [0.25, 0.3) is 0 Å². The second-order valence-corrected chi connectivity index (χ2v) is 1.11. The molecule has 0 heterocycles. The van der Waals surface area contributed by atoms with Crippen molar-refractivity contribution < 1.29 is 0 Å². The minimum atomic E-state index is 1.61. The molecule has 10 heavy (non-hydrogen) atoms. The highest BCUT2D eigenvalue weighted by atomic mass is 14.6. The highest BCUT2D eigenvalue weighted by Gasteiger charge is 1.54. The van der Waals surface area contributed by atoms with Gasteiger partial charge in [0.25, 0.3) is 0 Å². The van der Waals surface area contributed by atoms with Gasteiger partial charge in [0, 0.05) is 12.4 Å². The van der Waals surface area contributed by atoms with E-state index in [0.29, 0.717) is 0 Å². The van der Waals surface area contributed by atoms with Gasteiger partial charge in [-0.1, -0.05) is 39.2 Å². The summed E-state index contributed by atoms with van der Waals surface area (Å²) < 4.78 is 0. The Morgan fingerprint density at radius 1 is 1.10 bits per heavy atom. The predicted molar refractivity (Wildman–Crippen MR) is 49.4 cm³/mol. The third kappa shape index (κ3) is 15.8. The van der Waals surface area contributed by atoms with Gasteiger partial charge in [-0.25, -0.2) is 0 Å². The van der Waals surface area contributed by atoms with Crippen molar-refractivity contribution in [1.82, 2.24) is 0 Å². The lowest BCUT2D eigenvalue weighted by Crippen LogP contribution is -1.55. The third-order valence-electron chi connectivity index (χ3n) is 0.500. The molecule has 0 aliphatic heterocycles. The summed E-state index contributed by atoms with van der Waals surface area (Å²) in [5.74, 6) is 0. The minimum absolute atomic E-state index is 1.61. The Hall–Kier alpha value is -1.11. The Kier molecular flexibility index (Phi) is 18.3. The number of allylic oxidation sites excluding steroid dienone is 3. The van der Waals surface area contributed by atoms with E-state index >= 15 is 0 Å². The molecule has 1 heteroatoms. The van der Waals surface area contributed by atoms with Crippen molar-refractivity contribution in [3.63, 3.8) is 0 Å². The van der Waals surface area contributed by atoms with E-state index in [4.69, 9.17) is 0 Å². The highest BCUT2D eigenvalue weighted by molar-refractivity contribution is 5.70. The van der Waals surface area contributed by atoms with Crippen molar-refractivity contribution in [3.8, 4) is 0 Å². The Morgan fingerprint density at radius 2 is 1.70 bits per heavy atom. The fourth-order valence-electron chi connectivity index (χ4n) is 0.221. The lowest BCUT2D eigenvalue weighted by molar-refractivity contribution is 1.50. The van der Waals surface area contributed by atoms with Crippen LogP contribution in [0.4, 0.5) is 0 Å². The largest absolute Gasteiger partial charge is 0.265 e. The molecule has 0 aliphatic rings. The summed E-state index contributed by atoms with van der Waals surface area (Å²) in [5.41, 5.74) is 0. The summed E-state index contributed by atoms with van der Waals surface area (Å²) >= 11 is 0. The molecule has 1 nitrogen and oxygen atoms in total. The quantitative estimate of drug-likeness (QED) is 0.419. The first-order valence-corrected chi connectivity index (χ1v) is 3.33. The van der Waals surface area contributed by atoms with Crippen LogP contribution in [-0.2, 0) is 0 Å². The number of nitrogens with zero attached hydrogens (tertiary/aromatic N) is 1. The average Bonchev–Trinajstić information content (AvgIpc) is 2.02. The van der Waals surface area contributed by atoms with Crippen LogP contribution in [0.2, 0.25) is 0 Å². The summed E-state index contributed by atoms with van der Waals surface area (Å²) in [7, 11) is 0. The summed E-state index contributed by atoms with van der Waals surface area (Å²) in [6, 6.07) is 0. The molecular weight excluding hydrogens is 122 g/mol. The van der Waals surface area contributed by atoms with Gasteiger partial charge in [-0.05, 0) is 6.08 Å². The molecule has 0 atom stereocenters. The van der Waals surface area contributed by atoms with E-state index < -0.39 is 0 Å². The van der Waals surface area contributed by atoms with Gasteiger partial charge < -0.3 is 0 Å². The number of hydrogen-bond acceptors (Lipinski definition) is 1. The van der Waals surface area contributed by atoms with E-state index in [2.05, 4.69) is 18.2 Å². The highest BCUT2D eigenvalue weighted by Crippen LogP contribution is 1.72. The molecule has 0 radical (unpaired) electrons. The second-order valence-electron chi connectivity index (χ2n) is 1.11. The van der Waals surface area contributed by atoms with Crippen LogP contribution in [-0.4, -0.2) is 6.21 Å². The van der Waals surface area contributed by atoms with Crippen molar-refractivity contribution in [1.29, 1.82) is 0 Å². The van der Waals surface area contributed by atoms with Gasteiger partial charge in [0.05, 0.1) is 0 Å². The monoisotopic (exact) mass is 137 g/mol. The van der Waals surface area contributed by atoms with Gasteiger partial charge >= 0.3 is 0 Å². The zero-order valence-corrected chi connectivity index (χ0v) is 6.75. The van der Waals surface area contributed by atoms with Gasteiger partial charge in [-0.2, -0.15) is 0 Å². The molecule has 0 bridgehead atoms. The maximum Gasteiger partial charge on any atom is 0.0267 e. The molecule has 0 saturated carbocycles. The van der Waals surface area contributed by atoms with Crippen LogP contribution in [0.1, 0.15) is 13.8 Å². The molecule has 0 unspecified atom stereocenters. The molecular formula is C9H15N. The van der Waals surface area contributed by atoms with Gasteiger partial charge in [-0.3, -0.25) is 4.99 Å². The van der Waals surface area contributed by atoms with E-state index in [1.165, 1.54) is 0 Å². The van der Waals surface area contributed by atoms with Crippen molar-refractivity contribution in [2.24, 2.45) is 4.99 Å². The van der Waals surface area contributed by atoms with Crippen LogP contribution in [0.5, 0.6) is 0 Å². The van der Waals surface area contributed by atoms with Crippen LogP contribution in [0.3, 0.4) is 0 Å². The smallest absolute Gasteiger partial charge is 0.0267 e. The van der Waals surface area contributed by atoms with Crippen molar-refractivity contribution >= 4 is 6.21 Å². The molecule has 0 aromatic heterocycles. The minimum Gasteiger partial charge on any atom is -0.265 e. The van der Waals surface area contributed by atoms with Crippen LogP contribution in [0.15, 0.2) is 42.6 Å². The number of rotatable bonds is 3. The van der Waals surface area contributed by atoms with Gasteiger partial charge in [0.1, 0.15) is 0 Å². The molecule has 0 fully saturated rings. The maximum absolute atomic E-state index is 3.78. The van der Waals surface area contributed by atoms with Gasteiger partial charge in [0.15, 0.2) is 0 Å². The summed E-state index contributed by atoms with van der Waals surface area (Å²) in [6.45, 7) is 10.9. The molecule has 0 spiro atoms. The summed E-state index contributed by atoms with van der Waals surface area (Å²) in [4.78, 5) is 3.78. The average molecular weight is 137 g/mol. The maximum atomic E-state index is 3.78. The lowest BCUT2D eigenvalue weighted by atomic mass is 10.6. The first-order valence-electron chi connectivity index (χ1n) is 3.33. The Bertz CT molecular complexity index is 105. The van der Waals surface area contributed by atoms with Crippen LogP contribution in [0, 0.1) is 0 Å². The van der Waals surface area contributed by atoms with Crippen LogP contribution < -0.4 is 0 Å². The first-order chi connectivity index (χ1) is 4.91. The standard InChI is InChI=1S/C7H9N.C2H6/c1-3-5-7-8-6-4-2;1-2/h3-7H,1-2H2;1-2H3/b7-5-,8-6?;. The van der Waals surface area contributed by atoms with E-state index in [1.54, 1.807) is 30.6 Å². The van der Waals surface area contributed by atoms with Crippen molar-refractivity contribution in [2.75, 3.05) is 0 Å². The molecule has 0 rings (SSSR count). The van der Waals surface area contributed by atoms with E-state index in [9.17, 15) is 0 Å². The first kappa shape index (κ1) is 11.7. The Morgan fingerprint density at radius 3 is 2.10 bits per heavy atom. The Labute approximate surface area is 63.5 Å². The predicted octanol–water partition coefficient (Wildman–Crippen LogP) is 2.97. The molecule has 0 aromatic carbocycles. The molecule has 0 saturated heterocycles.